The van der Waals surface area contributed by atoms with Gasteiger partial charge < -0.3 is 15.0 Å². The normalized spacial score (nSPS) is 19.2. The van der Waals surface area contributed by atoms with Crippen LogP contribution in [0.3, 0.4) is 0 Å². The quantitative estimate of drug-likeness (QED) is 0.555. The Balaban J connectivity index is 1.89. The fraction of sp³-hybridized carbons (Fsp3) is 0.176. The van der Waals surface area contributed by atoms with Crippen LogP contribution in [0.2, 0.25) is 0 Å². The maximum absolute atomic E-state index is 12.3. The molecule has 3 heterocycles. The van der Waals surface area contributed by atoms with Crippen LogP contribution in [-0.2, 0) is 19.7 Å². The van der Waals surface area contributed by atoms with Crippen molar-refractivity contribution in [1.29, 1.82) is 0 Å². The van der Waals surface area contributed by atoms with Crippen molar-refractivity contribution in [2.45, 2.75) is 12.3 Å². The first-order chi connectivity index (χ1) is 11.5. The van der Waals surface area contributed by atoms with Crippen molar-refractivity contribution in [3.63, 3.8) is 0 Å². The molecule has 0 spiro atoms. The number of methoxy groups -OCH3 is 1. The van der Waals surface area contributed by atoms with Gasteiger partial charge in [0.25, 0.3) is 0 Å². The van der Waals surface area contributed by atoms with Crippen molar-refractivity contribution < 1.29 is 14.3 Å². The number of hydrogen-bond acceptors (Lipinski definition) is 5. The molecule has 0 bridgehead atoms. The number of esters is 1. The molecule has 4 rings (SSSR count). The number of nitrogens with zero attached hydrogens (tertiary/aromatic N) is 2. The van der Waals surface area contributed by atoms with E-state index in [2.05, 4.69) is 20.3 Å². The predicted octanol–water partition coefficient (Wildman–Crippen LogP) is 2.01. The van der Waals surface area contributed by atoms with Crippen LogP contribution in [0, 0.1) is 0 Å². The predicted molar refractivity (Wildman–Crippen MR) is 87.3 cm³/mol. The lowest BCUT2D eigenvalue weighted by atomic mass is 9.83. The molecule has 0 saturated carbocycles. The maximum Gasteiger partial charge on any atom is 0.325 e. The lowest BCUT2D eigenvalue weighted by Crippen LogP contribution is -2.40. The van der Waals surface area contributed by atoms with E-state index in [1.807, 2.05) is 12.1 Å². The van der Waals surface area contributed by atoms with E-state index in [4.69, 9.17) is 4.74 Å². The molecular weight excluding hydrogens is 308 g/mol. The van der Waals surface area contributed by atoms with E-state index in [1.165, 1.54) is 7.11 Å². The average molecular weight is 322 g/mol. The number of pyridine rings is 1. The van der Waals surface area contributed by atoms with Gasteiger partial charge in [-0.25, -0.2) is 4.98 Å². The highest BCUT2D eigenvalue weighted by molar-refractivity contribution is 6.19. The fourth-order valence-electron chi connectivity index (χ4n) is 2.99. The number of ether oxygens (including phenoxy) is 1. The van der Waals surface area contributed by atoms with E-state index in [9.17, 15) is 9.59 Å². The summed E-state index contributed by atoms with van der Waals surface area (Å²) < 4.78 is 4.81. The Morgan fingerprint density at radius 1 is 1.33 bits per heavy atom. The number of amides is 1. The summed E-state index contributed by atoms with van der Waals surface area (Å²) in [5, 5.41) is 2.74. The second-order valence-electron chi connectivity index (χ2n) is 5.81. The van der Waals surface area contributed by atoms with E-state index >= 15 is 0 Å². The highest BCUT2D eigenvalue weighted by Gasteiger charge is 2.50. The Bertz CT molecular complexity index is 980. The van der Waals surface area contributed by atoms with Crippen LogP contribution in [0.1, 0.15) is 12.5 Å². The number of aromatic amines is 1. The van der Waals surface area contributed by atoms with Crippen LogP contribution in [0.4, 0.5) is 5.69 Å². The Morgan fingerprint density at radius 3 is 2.88 bits per heavy atom. The third-order valence-corrected chi connectivity index (χ3v) is 4.39. The second-order valence-corrected chi connectivity index (χ2v) is 5.81. The summed E-state index contributed by atoms with van der Waals surface area (Å²) in [5.74, 6) is -0.321. The van der Waals surface area contributed by atoms with Gasteiger partial charge in [-0.3, -0.25) is 14.6 Å². The summed E-state index contributed by atoms with van der Waals surface area (Å²) in [6.45, 7) is 1.56. The van der Waals surface area contributed by atoms with Gasteiger partial charge in [-0.15, -0.1) is 0 Å². The number of carbonyl (C=O) groups excluding carboxylic acids is 2. The highest BCUT2D eigenvalue weighted by atomic mass is 16.5. The fourth-order valence-corrected chi connectivity index (χ4v) is 2.99. The molecule has 0 fully saturated rings. The van der Waals surface area contributed by atoms with Gasteiger partial charge in [0.1, 0.15) is 5.82 Å². The molecule has 1 aliphatic rings. The molecule has 1 amide bonds. The zero-order valence-electron chi connectivity index (χ0n) is 13.1. The molecule has 120 valence electrons. The summed E-state index contributed by atoms with van der Waals surface area (Å²) >= 11 is 0. The van der Waals surface area contributed by atoms with Crippen LogP contribution >= 0.6 is 0 Å². The van der Waals surface area contributed by atoms with E-state index in [0.29, 0.717) is 22.6 Å². The number of anilines is 1. The molecule has 7 nitrogen and oxygen atoms in total. The largest absolute Gasteiger partial charge is 0.468 e. The molecule has 1 aromatic carbocycles. The minimum Gasteiger partial charge on any atom is -0.468 e. The van der Waals surface area contributed by atoms with Gasteiger partial charge in [-0.05, 0) is 31.2 Å². The number of nitrogens with one attached hydrogen (secondary N) is 2. The van der Waals surface area contributed by atoms with Gasteiger partial charge in [0.15, 0.2) is 5.41 Å². The van der Waals surface area contributed by atoms with Gasteiger partial charge in [-0.2, -0.15) is 0 Å². The van der Waals surface area contributed by atoms with Gasteiger partial charge in [0, 0.05) is 29.2 Å². The number of imidazole rings is 1. The number of H-pyrrole nitrogens is 1. The minimum absolute atomic E-state index is 0.399. The molecule has 1 atom stereocenters. The van der Waals surface area contributed by atoms with Gasteiger partial charge in [-0.1, -0.05) is 0 Å². The maximum atomic E-state index is 12.3. The smallest absolute Gasteiger partial charge is 0.325 e. The van der Waals surface area contributed by atoms with Gasteiger partial charge >= 0.3 is 5.97 Å². The molecule has 24 heavy (non-hydrogen) atoms. The van der Waals surface area contributed by atoms with Crippen molar-refractivity contribution in [2.75, 3.05) is 12.4 Å². The van der Waals surface area contributed by atoms with Crippen LogP contribution in [-0.4, -0.2) is 33.9 Å². The molecule has 7 heteroatoms. The van der Waals surface area contributed by atoms with E-state index in [1.54, 1.807) is 31.5 Å². The number of benzene rings is 1. The standard InChI is InChI=1S/C17H14N4O3/c1-17(16(23)24-2)10-6-12-13(7-11(10)21-15(17)22)20-14(19-12)9-4-3-5-18-8-9/h3-8H,1-2H3,(H,19,20)(H,21,22). The number of rotatable bonds is 2. The molecule has 2 aromatic heterocycles. The van der Waals surface area contributed by atoms with Crippen LogP contribution in [0.25, 0.3) is 22.4 Å². The SMILES string of the molecule is COC(=O)C1(C)C(=O)Nc2cc3[nH]c(-c4cccnc4)nc3cc21. The molecule has 0 aliphatic carbocycles. The Labute approximate surface area is 137 Å². The Morgan fingerprint density at radius 2 is 2.17 bits per heavy atom. The topological polar surface area (TPSA) is 97.0 Å². The third-order valence-electron chi connectivity index (χ3n) is 4.39. The summed E-state index contributed by atoms with van der Waals surface area (Å²) in [6, 6.07) is 7.26. The van der Waals surface area contributed by atoms with E-state index in [-0.39, 0.29) is 0 Å². The molecule has 1 unspecified atom stereocenters. The molecule has 0 radical (unpaired) electrons. The monoisotopic (exact) mass is 322 g/mol. The van der Waals surface area contributed by atoms with E-state index in [0.717, 1.165) is 11.1 Å². The molecule has 1 aliphatic heterocycles. The highest BCUT2D eigenvalue weighted by Crippen LogP contribution is 2.40. The van der Waals surface area contributed by atoms with E-state index < -0.39 is 17.3 Å². The first-order valence-corrected chi connectivity index (χ1v) is 7.38. The molecule has 3 aromatic rings. The van der Waals surface area contributed by atoms with Gasteiger partial charge in [0.05, 0.1) is 18.1 Å². The van der Waals surface area contributed by atoms with Crippen molar-refractivity contribution in [3.8, 4) is 11.4 Å². The van der Waals surface area contributed by atoms with Crippen LogP contribution < -0.4 is 5.32 Å². The third kappa shape index (κ3) is 1.84. The van der Waals surface area contributed by atoms with Crippen LogP contribution in [0.5, 0.6) is 0 Å². The van der Waals surface area contributed by atoms with Gasteiger partial charge in [0.2, 0.25) is 5.91 Å². The van der Waals surface area contributed by atoms with Crippen molar-refractivity contribution in [3.05, 3.63) is 42.2 Å². The van der Waals surface area contributed by atoms with Crippen molar-refractivity contribution >= 4 is 28.6 Å². The molecular formula is C17H14N4O3. The molecule has 0 saturated heterocycles. The summed E-state index contributed by atoms with van der Waals surface area (Å²) in [5.41, 5.74) is 2.07. The summed E-state index contributed by atoms with van der Waals surface area (Å²) in [7, 11) is 1.27. The number of carbonyl (C=O) groups is 2. The lowest BCUT2D eigenvalue weighted by molar-refractivity contribution is -0.150. The Hall–Kier alpha value is -3.22. The summed E-state index contributed by atoms with van der Waals surface area (Å²) in [6.07, 6.45) is 3.41. The van der Waals surface area contributed by atoms with Crippen molar-refractivity contribution in [2.24, 2.45) is 0 Å². The van der Waals surface area contributed by atoms with Crippen molar-refractivity contribution in [1.82, 2.24) is 15.0 Å². The minimum atomic E-state index is -1.37. The average Bonchev–Trinajstić information content (AvgIpc) is 3.13. The number of fused-ring (bicyclic) bond motifs is 2. The number of hydrogen-bond donors (Lipinski definition) is 2. The summed E-state index contributed by atoms with van der Waals surface area (Å²) in [4.78, 5) is 36.3. The lowest BCUT2D eigenvalue weighted by Gasteiger charge is -2.18. The number of aromatic nitrogens is 3. The second kappa shape index (κ2) is 4.89. The van der Waals surface area contributed by atoms with Crippen LogP contribution in [0.15, 0.2) is 36.7 Å². The zero-order chi connectivity index (χ0) is 16.9. The first kappa shape index (κ1) is 14.4. The zero-order valence-corrected chi connectivity index (χ0v) is 13.1. The Kier molecular flexibility index (Phi) is 2.93. The first-order valence-electron chi connectivity index (χ1n) is 7.38. The molecule has 2 N–H and O–H groups in total.